The Morgan fingerprint density at radius 1 is 1.17 bits per heavy atom. The van der Waals surface area contributed by atoms with Gasteiger partial charge in [0.15, 0.2) is 0 Å². The number of hydrogen-bond donors (Lipinski definition) is 1. The molecule has 0 saturated heterocycles. The highest BCUT2D eigenvalue weighted by atomic mass is 16.5. The van der Waals surface area contributed by atoms with Gasteiger partial charge < -0.3 is 15.0 Å². The zero-order valence-corrected chi connectivity index (χ0v) is 13.9. The Morgan fingerprint density at radius 2 is 1.92 bits per heavy atom. The summed E-state index contributed by atoms with van der Waals surface area (Å²) in [6.45, 7) is 2.08. The van der Waals surface area contributed by atoms with E-state index in [9.17, 15) is 9.59 Å². The van der Waals surface area contributed by atoms with E-state index < -0.39 is 0 Å². The van der Waals surface area contributed by atoms with E-state index >= 15 is 0 Å². The largest absolute Gasteiger partial charge is 0.496 e. The van der Waals surface area contributed by atoms with Crippen LogP contribution in [0.1, 0.15) is 18.2 Å². The molecule has 0 unspecified atom stereocenters. The summed E-state index contributed by atoms with van der Waals surface area (Å²) in [5, 5.41) is 2.77. The highest BCUT2D eigenvalue weighted by molar-refractivity contribution is 5.83. The predicted octanol–water partition coefficient (Wildman–Crippen LogP) is 1.76. The molecule has 1 N–H and O–H groups in total. The van der Waals surface area contributed by atoms with Crippen LogP contribution in [-0.2, 0) is 22.7 Å². The lowest BCUT2D eigenvalue weighted by Gasteiger charge is -2.21. The fraction of sp³-hybridized carbons (Fsp3) is 0.278. The Labute approximate surface area is 141 Å². The average Bonchev–Trinajstić information content (AvgIpc) is 2.60. The Bertz CT molecular complexity index is 689. The number of rotatable bonds is 7. The van der Waals surface area contributed by atoms with Crippen molar-refractivity contribution < 1.29 is 14.3 Å². The molecule has 1 heterocycles. The molecule has 2 aromatic rings. The third-order valence-corrected chi connectivity index (χ3v) is 3.53. The smallest absolute Gasteiger partial charge is 0.239 e. The molecule has 0 bridgehead atoms. The van der Waals surface area contributed by atoms with Crippen LogP contribution >= 0.6 is 0 Å². The summed E-state index contributed by atoms with van der Waals surface area (Å²) in [7, 11) is 1.58. The van der Waals surface area contributed by atoms with Gasteiger partial charge in [-0.05, 0) is 18.2 Å². The van der Waals surface area contributed by atoms with E-state index in [1.54, 1.807) is 13.3 Å². The van der Waals surface area contributed by atoms with Crippen LogP contribution in [0.4, 0.5) is 0 Å². The molecule has 0 aliphatic heterocycles. The maximum atomic E-state index is 12.1. The minimum atomic E-state index is -0.231. The second kappa shape index (κ2) is 8.67. The molecule has 126 valence electrons. The van der Waals surface area contributed by atoms with Gasteiger partial charge >= 0.3 is 0 Å². The molecule has 2 amide bonds. The molecule has 1 aromatic heterocycles. The molecular formula is C18H21N3O3. The maximum Gasteiger partial charge on any atom is 0.239 e. The van der Waals surface area contributed by atoms with Crippen molar-refractivity contribution in [2.24, 2.45) is 0 Å². The van der Waals surface area contributed by atoms with E-state index in [0.717, 1.165) is 11.3 Å². The van der Waals surface area contributed by atoms with Gasteiger partial charge in [-0.25, -0.2) is 0 Å². The third kappa shape index (κ3) is 5.08. The summed E-state index contributed by atoms with van der Waals surface area (Å²) < 4.78 is 5.29. The van der Waals surface area contributed by atoms with Crippen LogP contribution in [0.25, 0.3) is 0 Å². The summed E-state index contributed by atoms with van der Waals surface area (Å²) in [6, 6.07) is 12.9. The molecule has 6 heteroatoms. The van der Waals surface area contributed by atoms with Crippen LogP contribution in [-0.4, -0.2) is 35.4 Å². The molecular weight excluding hydrogens is 306 g/mol. The minimum Gasteiger partial charge on any atom is -0.496 e. The van der Waals surface area contributed by atoms with Gasteiger partial charge in [0, 0.05) is 25.2 Å². The molecule has 0 aliphatic rings. The van der Waals surface area contributed by atoms with Gasteiger partial charge in [-0.15, -0.1) is 0 Å². The number of aromatic nitrogens is 1. The molecule has 0 atom stereocenters. The quantitative estimate of drug-likeness (QED) is 0.841. The fourth-order valence-electron chi connectivity index (χ4n) is 2.24. The van der Waals surface area contributed by atoms with E-state index in [0.29, 0.717) is 18.8 Å². The van der Waals surface area contributed by atoms with Crippen molar-refractivity contribution in [1.82, 2.24) is 15.2 Å². The van der Waals surface area contributed by atoms with E-state index in [1.165, 1.54) is 11.8 Å². The number of carbonyl (C=O) groups excluding carboxylic acids is 2. The number of benzene rings is 1. The number of hydrogen-bond acceptors (Lipinski definition) is 4. The lowest BCUT2D eigenvalue weighted by atomic mass is 10.2. The van der Waals surface area contributed by atoms with E-state index in [4.69, 9.17) is 4.74 Å². The van der Waals surface area contributed by atoms with Crippen LogP contribution in [0.15, 0.2) is 48.7 Å². The summed E-state index contributed by atoms with van der Waals surface area (Å²) in [6.07, 6.45) is 1.67. The Balaban J connectivity index is 1.95. The summed E-state index contributed by atoms with van der Waals surface area (Å²) in [4.78, 5) is 29.6. The molecule has 1 aromatic carbocycles. The number of ether oxygens (including phenoxy) is 1. The first-order valence-electron chi connectivity index (χ1n) is 7.64. The number of pyridine rings is 1. The van der Waals surface area contributed by atoms with Gasteiger partial charge in [0.25, 0.3) is 0 Å². The van der Waals surface area contributed by atoms with E-state index in [2.05, 4.69) is 10.3 Å². The van der Waals surface area contributed by atoms with Crippen molar-refractivity contribution in [1.29, 1.82) is 0 Å². The van der Waals surface area contributed by atoms with Gasteiger partial charge in [0.1, 0.15) is 5.75 Å². The molecule has 0 spiro atoms. The molecule has 0 aliphatic carbocycles. The summed E-state index contributed by atoms with van der Waals surface area (Å²) in [5.74, 6) is 0.289. The minimum absolute atomic E-state index is 0.0137. The Hall–Kier alpha value is -2.89. The number of amides is 2. The molecule has 0 fully saturated rings. The van der Waals surface area contributed by atoms with E-state index in [-0.39, 0.29) is 18.4 Å². The first kappa shape index (κ1) is 17.5. The van der Waals surface area contributed by atoms with Crippen LogP contribution < -0.4 is 10.1 Å². The van der Waals surface area contributed by atoms with Crippen molar-refractivity contribution in [2.45, 2.75) is 20.0 Å². The lowest BCUT2D eigenvalue weighted by Crippen LogP contribution is -2.39. The standard InChI is InChI=1S/C18H21N3O3/c1-14(22)21(12-15-7-3-4-9-17(15)24-2)13-18(23)20-11-16-8-5-6-10-19-16/h3-10H,11-13H2,1-2H3,(H,20,23). The topological polar surface area (TPSA) is 71.5 Å². The van der Waals surface area contributed by atoms with Crippen LogP contribution in [0.5, 0.6) is 5.75 Å². The zero-order valence-electron chi connectivity index (χ0n) is 13.9. The number of para-hydroxylation sites is 1. The van der Waals surface area contributed by atoms with Gasteiger partial charge in [-0.3, -0.25) is 14.6 Å². The Kier molecular flexibility index (Phi) is 6.31. The monoisotopic (exact) mass is 327 g/mol. The third-order valence-electron chi connectivity index (χ3n) is 3.53. The number of carbonyl (C=O) groups is 2. The maximum absolute atomic E-state index is 12.1. The second-order valence-electron chi connectivity index (χ2n) is 5.28. The van der Waals surface area contributed by atoms with Gasteiger partial charge in [-0.2, -0.15) is 0 Å². The first-order valence-corrected chi connectivity index (χ1v) is 7.64. The fourth-order valence-corrected chi connectivity index (χ4v) is 2.24. The SMILES string of the molecule is COc1ccccc1CN(CC(=O)NCc1ccccn1)C(C)=O. The summed E-state index contributed by atoms with van der Waals surface area (Å²) >= 11 is 0. The number of methoxy groups -OCH3 is 1. The molecule has 6 nitrogen and oxygen atoms in total. The van der Waals surface area contributed by atoms with Crippen LogP contribution in [0, 0.1) is 0 Å². The highest BCUT2D eigenvalue weighted by Gasteiger charge is 2.16. The van der Waals surface area contributed by atoms with Crippen molar-refractivity contribution in [2.75, 3.05) is 13.7 Å². The zero-order chi connectivity index (χ0) is 17.4. The normalized spacial score (nSPS) is 10.1. The van der Waals surface area contributed by atoms with Gasteiger partial charge in [0.05, 0.1) is 25.9 Å². The van der Waals surface area contributed by atoms with E-state index in [1.807, 2.05) is 42.5 Å². The van der Waals surface area contributed by atoms with Crippen molar-refractivity contribution in [3.63, 3.8) is 0 Å². The molecule has 2 rings (SSSR count). The Morgan fingerprint density at radius 3 is 2.58 bits per heavy atom. The van der Waals surface area contributed by atoms with Gasteiger partial charge in [-0.1, -0.05) is 24.3 Å². The predicted molar refractivity (Wildman–Crippen MR) is 90.2 cm³/mol. The first-order chi connectivity index (χ1) is 11.6. The van der Waals surface area contributed by atoms with Crippen molar-refractivity contribution in [3.05, 3.63) is 59.9 Å². The van der Waals surface area contributed by atoms with Gasteiger partial charge in [0.2, 0.25) is 11.8 Å². The number of nitrogens with one attached hydrogen (secondary N) is 1. The highest BCUT2D eigenvalue weighted by Crippen LogP contribution is 2.19. The van der Waals surface area contributed by atoms with Crippen molar-refractivity contribution >= 4 is 11.8 Å². The van der Waals surface area contributed by atoms with Crippen LogP contribution in [0.3, 0.4) is 0 Å². The lowest BCUT2D eigenvalue weighted by molar-refractivity contribution is -0.135. The number of nitrogens with zero attached hydrogens (tertiary/aromatic N) is 2. The summed E-state index contributed by atoms with van der Waals surface area (Å²) in [5.41, 5.74) is 1.62. The molecule has 0 radical (unpaired) electrons. The van der Waals surface area contributed by atoms with Crippen molar-refractivity contribution in [3.8, 4) is 5.75 Å². The molecule has 0 saturated carbocycles. The second-order valence-corrected chi connectivity index (χ2v) is 5.28. The molecule has 24 heavy (non-hydrogen) atoms. The average molecular weight is 327 g/mol. The van der Waals surface area contributed by atoms with Crippen LogP contribution in [0.2, 0.25) is 0 Å².